The van der Waals surface area contributed by atoms with E-state index in [0.29, 0.717) is 12.2 Å². The summed E-state index contributed by atoms with van der Waals surface area (Å²) in [5, 5.41) is 30.5. The van der Waals surface area contributed by atoms with E-state index in [1.54, 1.807) is 12.1 Å². The second-order valence-corrected chi connectivity index (χ2v) is 4.57. The molecule has 0 fully saturated rings. The summed E-state index contributed by atoms with van der Waals surface area (Å²) in [5.74, 6) is 0.229. The van der Waals surface area contributed by atoms with Crippen molar-refractivity contribution in [3.05, 3.63) is 59.8 Å². The number of nitriles is 1. The normalized spacial score (nSPS) is 10.2. The molecule has 2 aromatic carbocycles. The average molecular weight is 276 g/mol. The monoisotopic (exact) mass is 276 g/mol. The SMILES string of the molecule is N#Cc1nnc2ccccc2c1NCc1ccc(O)cc1. The van der Waals surface area contributed by atoms with Gasteiger partial charge in [-0.15, -0.1) is 10.2 Å². The van der Waals surface area contributed by atoms with E-state index in [-0.39, 0.29) is 11.4 Å². The lowest BCUT2D eigenvalue weighted by atomic mass is 10.1. The number of phenols is 1. The van der Waals surface area contributed by atoms with E-state index < -0.39 is 0 Å². The molecule has 0 atom stereocenters. The number of aromatic hydroxyl groups is 1. The van der Waals surface area contributed by atoms with E-state index in [0.717, 1.165) is 16.5 Å². The van der Waals surface area contributed by atoms with Gasteiger partial charge < -0.3 is 10.4 Å². The summed E-state index contributed by atoms with van der Waals surface area (Å²) in [6.45, 7) is 0.532. The van der Waals surface area contributed by atoms with Gasteiger partial charge >= 0.3 is 0 Å². The van der Waals surface area contributed by atoms with Gasteiger partial charge in [-0.05, 0) is 23.8 Å². The van der Waals surface area contributed by atoms with Crippen molar-refractivity contribution in [2.24, 2.45) is 0 Å². The van der Waals surface area contributed by atoms with E-state index in [2.05, 4.69) is 21.6 Å². The molecule has 0 saturated carbocycles. The molecule has 5 nitrogen and oxygen atoms in total. The quantitative estimate of drug-likeness (QED) is 0.768. The van der Waals surface area contributed by atoms with Crippen molar-refractivity contribution in [3.63, 3.8) is 0 Å². The molecule has 1 aromatic heterocycles. The summed E-state index contributed by atoms with van der Waals surface area (Å²) in [6.07, 6.45) is 0. The van der Waals surface area contributed by atoms with Crippen molar-refractivity contribution in [2.75, 3.05) is 5.32 Å². The number of aromatic nitrogens is 2. The zero-order chi connectivity index (χ0) is 14.7. The van der Waals surface area contributed by atoms with Crippen LogP contribution in [0.15, 0.2) is 48.5 Å². The van der Waals surface area contributed by atoms with Crippen LogP contribution >= 0.6 is 0 Å². The summed E-state index contributed by atoms with van der Waals surface area (Å²) >= 11 is 0. The van der Waals surface area contributed by atoms with Gasteiger partial charge in [0.15, 0.2) is 5.69 Å². The molecule has 0 bridgehead atoms. The molecular weight excluding hydrogens is 264 g/mol. The third kappa shape index (κ3) is 2.60. The first kappa shape index (κ1) is 12.9. The van der Waals surface area contributed by atoms with Gasteiger partial charge in [0.25, 0.3) is 0 Å². The van der Waals surface area contributed by atoms with Crippen molar-refractivity contribution < 1.29 is 5.11 Å². The Bertz CT molecular complexity index is 822. The van der Waals surface area contributed by atoms with Crippen LogP contribution in [0.2, 0.25) is 0 Å². The van der Waals surface area contributed by atoms with E-state index in [1.807, 2.05) is 36.4 Å². The van der Waals surface area contributed by atoms with Crippen molar-refractivity contribution in [1.82, 2.24) is 10.2 Å². The van der Waals surface area contributed by atoms with Crippen LogP contribution < -0.4 is 5.32 Å². The summed E-state index contributed by atoms with van der Waals surface area (Å²) in [4.78, 5) is 0. The maximum absolute atomic E-state index is 9.28. The summed E-state index contributed by atoms with van der Waals surface area (Å²) in [5.41, 5.74) is 2.69. The number of hydrogen-bond donors (Lipinski definition) is 2. The van der Waals surface area contributed by atoms with Gasteiger partial charge in [-0.25, -0.2) is 0 Å². The van der Waals surface area contributed by atoms with Gasteiger partial charge in [0, 0.05) is 11.9 Å². The predicted octanol–water partition coefficient (Wildman–Crippen LogP) is 2.82. The fourth-order valence-corrected chi connectivity index (χ4v) is 2.12. The minimum Gasteiger partial charge on any atom is -0.508 e. The Morgan fingerprint density at radius 2 is 1.81 bits per heavy atom. The number of nitrogens with zero attached hydrogens (tertiary/aromatic N) is 3. The van der Waals surface area contributed by atoms with Crippen LogP contribution in [0.3, 0.4) is 0 Å². The molecule has 0 saturated heterocycles. The van der Waals surface area contributed by atoms with Crippen molar-refractivity contribution in [1.29, 1.82) is 5.26 Å². The highest BCUT2D eigenvalue weighted by Gasteiger charge is 2.09. The maximum atomic E-state index is 9.28. The van der Waals surface area contributed by atoms with Gasteiger partial charge in [-0.3, -0.25) is 0 Å². The third-order valence-corrected chi connectivity index (χ3v) is 3.18. The van der Waals surface area contributed by atoms with Crippen LogP contribution in [-0.2, 0) is 6.54 Å². The number of nitrogens with one attached hydrogen (secondary N) is 1. The average Bonchev–Trinajstić information content (AvgIpc) is 2.54. The molecule has 102 valence electrons. The Morgan fingerprint density at radius 1 is 1.05 bits per heavy atom. The second-order valence-electron chi connectivity index (χ2n) is 4.57. The minimum absolute atomic E-state index is 0.229. The summed E-state index contributed by atoms with van der Waals surface area (Å²) in [7, 11) is 0. The lowest BCUT2D eigenvalue weighted by Crippen LogP contribution is -2.04. The highest BCUT2D eigenvalue weighted by molar-refractivity contribution is 5.92. The fraction of sp³-hybridized carbons (Fsp3) is 0.0625. The first-order valence-corrected chi connectivity index (χ1v) is 6.45. The number of hydrogen-bond acceptors (Lipinski definition) is 5. The van der Waals surface area contributed by atoms with Crippen LogP contribution in [-0.4, -0.2) is 15.3 Å². The Balaban J connectivity index is 1.95. The minimum atomic E-state index is 0.229. The van der Waals surface area contributed by atoms with Crippen LogP contribution in [0.25, 0.3) is 10.9 Å². The lowest BCUT2D eigenvalue weighted by Gasteiger charge is -2.10. The molecule has 2 N–H and O–H groups in total. The Labute approximate surface area is 121 Å². The molecule has 0 amide bonds. The topological polar surface area (TPSA) is 81.8 Å². The molecule has 0 unspecified atom stereocenters. The number of anilines is 1. The second kappa shape index (κ2) is 5.47. The van der Waals surface area contributed by atoms with Gasteiger partial charge in [0.05, 0.1) is 11.2 Å². The van der Waals surface area contributed by atoms with E-state index in [1.165, 1.54) is 0 Å². The molecule has 0 aliphatic heterocycles. The molecule has 3 rings (SSSR count). The van der Waals surface area contributed by atoms with E-state index in [4.69, 9.17) is 0 Å². The Morgan fingerprint density at radius 3 is 2.57 bits per heavy atom. The number of phenolic OH excluding ortho intramolecular Hbond substituents is 1. The van der Waals surface area contributed by atoms with Gasteiger partial charge in [-0.2, -0.15) is 5.26 Å². The standard InChI is InChI=1S/C16H12N4O/c17-9-15-16(13-3-1-2-4-14(13)19-20-15)18-10-11-5-7-12(21)8-6-11/h1-8,21H,10H2,(H,18,19). The van der Waals surface area contributed by atoms with Crippen molar-refractivity contribution in [2.45, 2.75) is 6.54 Å². The van der Waals surface area contributed by atoms with Crippen LogP contribution in [0.5, 0.6) is 5.75 Å². The summed E-state index contributed by atoms with van der Waals surface area (Å²) < 4.78 is 0. The highest BCUT2D eigenvalue weighted by atomic mass is 16.3. The van der Waals surface area contributed by atoms with E-state index in [9.17, 15) is 10.4 Å². The smallest absolute Gasteiger partial charge is 0.186 e. The number of fused-ring (bicyclic) bond motifs is 1. The molecule has 21 heavy (non-hydrogen) atoms. The fourth-order valence-electron chi connectivity index (χ4n) is 2.12. The van der Waals surface area contributed by atoms with Gasteiger partial charge in [-0.1, -0.05) is 30.3 Å². The molecule has 1 heterocycles. The number of benzene rings is 2. The van der Waals surface area contributed by atoms with Gasteiger partial charge in [0.1, 0.15) is 11.8 Å². The largest absolute Gasteiger partial charge is 0.508 e. The number of rotatable bonds is 3. The first-order chi connectivity index (χ1) is 10.3. The van der Waals surface area contributed by atoms with E-state index >= 15 is 0 Å². The molecule has 0 radical (unpaired) electrons. The van der Waals surface area contributed by atoms with Gasteiger partial charge in [0.2, 0.25) is 0 Å². The highest BCUT2D eigenvalue weighted by Crippen LogP contribution is 2.24. The molecule has 0 aliphatic carbocycles. The zero-order valence-corrected chi connectivity index (χ0v) is 11.1. The first-order valence-electron chi connectivity index (χ1n) is 6.45. The third-order valence-electron chi connectivity index (χ3n) is 3.18. The predicted molar refractivity (Wildman–Crippen MR) is 79.7 cm³/mol. The van der Waals surface area contributed by atoms with Crippen LogP contribution in [0.4, 0.5) is 5.69 Å². The molecular formula is C16H12N4O. The Kier molecular flexibility index (Phi) is 3.36. The molecule has 0 aliphatic rings. The van der Waals surface area contributed by atoms with Crippen molar-refractivity contribution >= 4 is 16.6 Å². The maximum Gasteiger partial charge on any atom is 0.186 e. The summed E-state index contributed by atoms with van der Waals surface area (Å²) in [6, 6.07) is 16.5. The van der Waals surface area contributed by atoms with Crippen LogP contribution in [0, 0.1) is 11.3 Å². The molecule has 5 heteroatoms. The lowest BCUT2D eigenvalue weighted by molar-refractivity contribution is 0.475. The van der Waals surface area contributed by atoms with Crippen LogP contribution in [0.1, 0.15) is 11.3 Å². The Hall–Kier alpha value is -3.13. The molecule has 3 aromatic rings. The zero-order valence-electron chi connectivity index (χ0n) is 11.1. The van der Waals surface area contributed by atoms with Crippen molar-refractivity contribution in [3.8, 4) is 11.8 Å². The molecule has 0 spiro atoms.